The van der Waals surface area contributed by atoms with Gasteiger partial charge in [0.2, 0.25) is 0 Å². The van der Waals surface area contributed by atoms with Crippen LogP contribution in [-0.4, -0.2) is 75.7 Å². The van der Waals surface area contributed by atoms with Crippen molar-refractivity contribution in [3.63, 3.8) is 0 Å². The molecule has 0 saturated carbocycles. The highest BCUT2D eigenvalue weighted by molar-refractivity contribution is 6.35. The number of hydrogen-bond donors (Lipinski definition) is 2. The van der Waals surface area contributed by atoms with Crippen LogP contribution in [0.2, 0.25) is 0 Å². The van der Waals surface area contributed by atoms with E-state index in [1.54, 1.807) is 0 Å². The molecule has 3 rings (SSSR count). The fourth-order valence-electron chi connectivity index (χ4n) is 3.66. The van der Waals surface area contributed by atoms with E-state index in [4.69, 9.17) is 4.74 Å². The Morgan fingerprint density at radius 3 is 2.18 bits per heavy atom. The van der Waals surface area contributed by atoms with Crippen LogP contribution in [0.1, 0.15) is 24.8 Å². The second-order valence-electron chi connectivity index (χ2n) is 7.43. The van der Waals surface area contributed by atoms with Crippen LogP contribution in [0, 0.1) is 0 Å². The number of carbonyl (C=O) groups is 2. The van der Waals surface area contributed by atoms with Crippen molar-refractivity contribution in [2.24, 2.45) is 0 Å². The molecule has 0 unspecified atom stereocenters. The first-order valence-electron chi connectivity index (χ1n) is 10.4. The zero-order chi connectivity index (χ0) is 19.6. The molecule has 2 aliphatic rings. The van der Waals surface area contributed by atoms with Gasteiger partial charge >= 0.3 is 11.8 Å². The van der Waals surface area contributed by atoms with Crippen molar-refractivity contribution in [3.05, 3.63) is 29.8 Å². The molecule has 0 atom stereocenters. The van der Waals surface area contributed by atoms with Crippen LogP contribution in [0.3, 0.4) is 0 Å². The molecule has 0 radical (unpaired) electrons. The van der Waals surface area contributed by atoms with Gasteiger partial charge in [-0.25, -0.2) is 0 Å². The molecule has 0 spiro atoms. The molecule has 7 heteroatoms. The van der Waals surface area contributed by atoms with Gasteiger partial charge in [0.15, 0.2) is 0 Å². The highest BCUT2D eigenvalue weighted by Crippen LogP contribution is 2.20. The van der Waals surface area contributed by atoms with Gasteiger partial charge in [0.1, 0.15) is 0 Å². The third-order valence-corrected chi connectivity index (χ3v) is 5.38. The molecule has 2 amide bonds. The van der Waals surface area contributed by atoms with E-state index in [0.717, 1.165) is 51.5 Å². The topological polar surface area (TPSA) is 73.9 Å². The third kappa shape index (κ3) is 6.49. The number of ether oxygens (including phenoxy) is 1. The molecule has 2 heterocycles. The van der Waals surface area contributed by atoms with E-state index in [-0.39, 0.29) is 0 Å². The number of carbonyl (C=O) groups excluding carboxylic acids is 2. The van der Waals surface area contributed by atoms with Crippen molar-refractivity contribution in [2.75, 3.05) is 63.9 Å². The van der Waals surface area contributed by atoms with Crippen LogP contribution in [0.15, 0.2) is 24.3 Å². The summed E-state index contributed by atoms with van der Waals surface area (Å²) in [5, 5.41) is 5.39. The van der Waals surface area contributed by atoms with Crippen LogP contribution < -0.4 is 15.5 Å². The normalized spacial score (nSPS) is 17.9. The standard InChI is InChI=1S/C21H32N4O3/c26-20(21(27)23-10-13-24-14-16-28-17-15-24)22-9-8-18-4-6-19(7-5-18)25-11-2-1-3-12-25/h4-7H,1-3,8-17H2,(H,22,26)(H,23,27). The fraction of sp³-hybridized carbons (Fsp3) is 0.619. The Morgan fingerprint density at radius 2 is 1.50 bits per heavy atom. The van der Waals surface area contributed by atoms with E-state index in [9.17, 15) is 9.59 Å². The number of anilines is 1. The number of rotatable bonds is 7. The first-order valence-corrected chi connectivity index (χ1v) is 10.4. The first-order chi connectivity index (χ1) is 13.7. The van der Waals surface area contributed by atoms with E-state index in [2.05, 4.69) is 44.7 Å². The highest BCUT2D eigenvalue weighted by atomic mass is 16.5. The smallest absolute Gasteiger partial charge is 0.309 e. The maximum Gasteiger partial charge on any atom is 0.309 e. The van der Waals surface area contributed by atoms with E-state index in [1.165, 1.54) is 24.9 Å². The van der Waals surface area contributed by atoms with Crippen molar-refractivity contribution in [2.45, 2.75) is 25.7 Å². The average molecular weight is 389 g/mol. The number of nitrogens with zero attached hydrogens (tertiary/aromatic N) is 2. The molecular formula is C21H32N4O3. The van der Waals surface area contributed by atoms with Gasteiger partial charge in [0, 0.05) is 51.5 Å². The summed E-state index contributed by atoms with van der Waals surface area (Å²) in [4.78, 5) is 28.4. The SMILES string of the molecule is O=C(NCCc1ccc(N2CCCCC2)cc1)C(=O)NCCN1CCOCC1. The number of benzene rings is 1. The largest absolute Gasteiger partial charge is 0.379 e. The zero-order valence-corrected chi connectivity index (χ0v) is 16.6. The summed E-state index contributed by atoms with van der Waals surface area (Å²) in [6.07, 6.45) is 4.58. The Kier molecular flexibility index (Phi) is 8.11. The van der Waals surface area contributed by atoms with Gasteiger partial charge in [-0.3, -0.25) is 14.5 Å². The summed E-state index contributed by atoms with van der Waals surface area (Å²) in [7, 11) is 0. The summed E-state index contributed by atoms with van der Waals surface area (Å²) in [5.41, 5.74) is 2.43. The number of piperidine rings is 1. The lowest BCUT2D eigenvalue weighted by atomic mass is 10.1. The molecule has 0 aliphatic carbocycles. The Hall–Kier alpha value is -2.12. The Morgan fingerprint density at radius 1 is 0.857 bits per heavy atom. The summed E-state index contributed by atoms with van der Waals surface area (Å²) in [6.45, 7) is 7.15. The lowest BCUT2D eigenvalue weighted by Gasteiger charge is -2.28. The average Bonchev–Trinajstić information content (AvgIpc) is 2.75. The predicted octanol–water partition coefficient (Wildman–Crippen LogP) is 0.784. The number of morpholine rings is 1. The molecule has 2 N–H and O–H groups in total. The van der Waals surface area contributed by atoms with E-state index in [0.29, 0.717) is 19.5 Å². The lowest BCUT2D eigenvalue weighted by Crippen LogP contribution is -2.45. The molecule has 2 fully saturated rings. The van der Waals surface area contributed by atoms with E-state index >= 15 is 0 Å². The maximum absolute atomic E-state index is 11.9. The van der Waals surface area contributed by atoms with Crippen molar-refractivity contribution < 1.29 is 14.3 Å². The molecule has 1 aromatic carbocycles. The van der Waals surface area contributed by atoms with Gasteiger partial charge in [0.25, 0.3) is 0 Å². The Balaban J connectivity index is 1.31. The van der Waals surface area contributed by atoms with Gasteiger partial charge in [-0.05, 0) is 43.4 Å². The van der Waals surface area contributed by atoms with Crippen LogP contribution in [0.25, 0.3) is 0 Å². The van der Waals surface area contributed by atoms with Gasteiger partial charge in [0.05, 0.1) is 13.2 Å². The number of nitrogens with one attached hydrogen (secondary N) is 2. The molecule has 7 nitrogen and oxygen atoms in total. The van der Waals surface area contributed by atoms with Crippen LogP contribution in [-0.2, 0) is 20.7 Å². The Bertz CT molecular complexity index is 623. The molecular weight excluding hydrogens is 356 g/mol. The van der Waals surface area contributed by atoms with Gasteiger partial charge < -0.3 is 20.3 Å². The molecule has 0 aromatic heterocycles. The molecule has 154 valence electrons. The second kappa shape index (κ2) is 11.0. The fourth-order valence-corrected chi connectivity index (χ4v) is 3.66. The highest BCUT2D eigenvalue weighted by Gasteiger charge is 2.14. The Labute approximate surface area is 167 Å². The minimum Gasteiger partial charge on any atom is -0.379 e. The van der Waals surface area contributed by atoms with Gasteiger partial charge in [-0.2, -0.15) is 0 Å². The first kappa shape index (κ1) is 20.6. The van der Waals surface area contributed by atoms with E-state index < -0.39 is 11.8 Å². The molecule has 2 aliphatic heterocycles. The molecule has 28 heavy (non-hydrogen) atoms. The van der Waals surface area contributed by atoms with Crippen LogP contribution >= 0.6 is 0 Å². The second-order valence-corrected chi connectivity index (χ2v) is 7.43. The minimum atomic E-state index is -0.563. The molecule has 2 saturated heterocycles. The van der Waals surface area contributed by atoms with E-state index in [1.807, 2.05) is 0 Å². The van der Waals surface area contributed by atoms with Crippen LogP contribution in [0.4, 0.5) is 5.69 Å². The van der Waals surface area contributed by atoms with Crippen molar-refractivity contribution in [1.82, 2.24) is 15.5 Å². The molecule has 1 aromatic rings. The lowest BCUT2D eigenvalue weighted by molar-refractivity contribution is -0.139. The predicted molar refractivity (Wildman–Crippen MR) is 109 cm³/mol. The molecule has 0 bridgehead atoms. The summed E-state index contributed by atoms with van der Waals surface area (Å²) in [6, 6.07) is 8.53. The number of amides is 2. The summed E-state index contributed by atoms with van der Waals surface area (Å²) in [5.74, 6) is -1.12. The summed E-state index contributed by atoms with van der Waals surface area (Å²) >= 11 is 0. The van der Waals surface area contributed by atoms with Gasteiger partial charge in [-0.1, -0.05) is 12.1 Å². The van der Waals surface area contributed by atoms with Gasteiger partial charge in [-0.15, -0.1) is 0 Å². The van der Waals surface area contributed by atoms with Crippen LogP contribution in [0.5, 0.6) is 0 Å². The zero-order valence-electron chi connectivity index (χ0n) is 16.6. The van der Waals surface area contributed by atoms with Crippen molar-refractivity contribution in [1.29, 1.82) is 0 Å². The van der Waals surface area contributed by atoms with Crippen molar-refractivity contribution >= 4 is 17.5 Å². The summed E-state index contributed by atoms with van der Waals surface area (Å²) < 4.78 is 5.29. The number of hydrogen-bond acceptors (Lipinski definition) is 5. The van der Waals surface area contributed by atoms with Crippen molar-refractivity contribution in [3.8, 4) is 0 Å². The maximum atomic E-state index is 11.9. The third-order valence-electron chi connectivity index (χ3n) is 5.38. The monoisotopic (exact) mass is 388 g/mol. The minimum absolute atomic E-state index is 0.457. The quantitative estimate of drug-likeness (QED) is 0.676.